The van der Waals surface area contributed by atoms with E-state index in [0.29, 0.717) is 17.9 Å². The van der Waals surface area contributed by atoms with Gasteiger partial charge in [-0.2, -0.15) is 0 Å². The van der Waals surface area contributed by atoms with Crippen LogP contribution in [0.4, 0.5) is 0 Å². The molecule has 4 nitrogen and oxygen atoms in total. The first-order valence-corrected chi connectivity index (χ1v) is 9.08. The normalized spacial score (nSPS) is 24.5. The van der Waals surface area contributed by atoms with E-state index in [0.717, 1.165) is 18.4 Å². The second-order valence-corrected chi connectivity index (χ2v) is 9.68. The summed E-state index contributed by atoms with van der Waals surface area (Å²) >= 11 is 16.8. The van der Waals surface area contributed by atoms with Gasteiger partial charge in [0.25, 0.3) is 0 Å². The number of alkyl halides is 3. The summed E-state index contributed by atoms with van der Waals surface area (Å²) in [4.78, 5) is 12.1. The fraction of sp³-hybridized carbons (Fsp3) is 0.500. The van der Waals surface area contributed by atoms with E-state index in [1.807, 2.05) is 6.08 Å². The van der Waals surface area contributed by atoms with Gasteiger partial charge in [-0.3, -0.25) is 0 Å². The van der Waals surface area contributed by atoms with Gasteiger partial charge in [0.05, 0.1) is 12.2 Å². The number of rotatable bonds is 2. The molecule has 25 heavy (non-hydrogen) atoms. The molecule has 1 aromatic carbocycles. The molecule has 1 unspecified atom stereocenters. The van der Waals surface area contributed by atoms with E-state index in [9.17, 15) is 4.79 Å². The number of hydrogen-bond donors (Lipinski definition) is 0. The van der Waals surface area contributed by atoms with Gasteiger partial charge in [0.2, 0.25) is 9.58 Å². The quantitative estimate of drug-likeness (QED) is 0.385. The Labute approximate surface area is 162 Å². The van der Waals surface area contributed by atoms with Crippen molar-refractivity contribution in [2.75, 3.05) is 6.61 Å². The van der Waals surface area contributed by atoms with Gasteiger partial charge >= 0.3 is 5.97 Å². The maximum absolute atomic E-state index is 12.1. The summed E-state index contributed by atoms with van der Waals surface area (Å²) in [5.74, 6) is -0.605. The largest absolute Gasteiger partial charge is 0.458 e. The van der Waals surface area contributed by atoms with Crippen molar-refractivity contribution >= 4 is 40.8 Å². The fourth-order valence-corrected chi connectivity index (χ4v) is 3.25. The highest BCUT2D eigenvalue weighted by Crippen LogP contribution is 2.43. The number of allylic oxidation sites excluding steroid dienone is 1. The molecule has 2 aliphatic rings. The lowest BCUT2D eigenvalue weighted by Gasteiger charge is -2.43. The Bertz CT molecular complexity index is 709. The molecule has 0 N–H and O–H groups in total. The zero-order chi connectivity index (χ0) is 18.3. The van der Waals surface area contributed by atoms with Crippen LogP contribution < -0.4 is 4.74 Å². The monoisotopic (exact) mass is 404 g/mol. The molecule has 0 radical (unpaired) electrons. The highest BCUT2D eigenvalue weighted by molar-refractivity contribution is 6.67. The lowest BCUT2D eigenvalue weighted by atomic mass is 9.78. The molecule has 1 aliphatic heterocycles. The molecule has 0 aromatic heterocycles. The number of carbonyl (C=O) groups excluding carboxylic acids is 1. The fourth-order valence-electron chi connectivity index (χ4n) is 3.09. The summed E-state index contributed by atoms with van der Waals surface area (Å²) in [6.45, 7) is 4.40. The highest BCUT2D eigenvalue weighted by Gasteiger charge is 2.42. The van der Waals surface area contributed by atoms with E-state index < -0.39 is 15.5 Å². The lowest BCUT2D eigenvalue weighted by molar-refractivity contribution is -0.192. The van der Waals surface area contributed by atoms with Crippen LogP contribution in [-0.2, 0) is 16.1 Å². The van der Waals surface area contributed by atoms with Crippen LogP contribution in [0.1, 0.15) is 42.6 Å². The minimum Gasteiger partial charge on any atom is -0.458 e. The number of hydrogen-bond acceptors (Lipinski definition) is 4. The number of fused-ring (bicyclic) bond motifs is 1. The Morgan fingerprint density at radius 1 is 1.32 bits per heavy atom. The molecule has 3 rings (SSSR count). The van der Waals surface area contributed by atoms with Crippen molar-refractivity contribution in [3.63, 3.8) is 0 Å². The van der Waals surface area contributed by atoms with E-state index in [2.05, 4.69) is 19.9 Å². The molecule has 1 heterocycles. The number of carbonyl (C=O) groups is 1. The number of ether oxygens (including phenoxy) is 3. The predicted octanol–water partition coefficient (Wildman–Crippen LogP) is 5.20. The topological polar surface area (TPSA) is 44.8 Å². The average Bonchev–Trinajstić information content (AvgIpc) is 2.50. The Morgan fingerprint density at radius 2 is 2.08 bits per heavy atom. The van der Waals surface area contributed by atoms with Crippen LogP contribution in [0.5, 0.6) is 5.75 Å². The van der Waals surface area contributed by atoms with Crippen LogP contribution in [0, 0.1) is 5.41 Å². The molecule has 1 spiro atoms. The minimum atomic E-state index is -1.64. The maximum Gasteiger partial charge on any atom is 0.338 e. The molecule has 0 saturated heterocycles. The van der Waals surface area contributed by atoms with Crippen molar-refractivity contribution in [3.05, 3.63) is 41.5 Å². The third kappa shape index (κ3) is 4.62. The summed E-state index contributed by atoms with van der Waals surface area (Å²) in [6, 6.07) is 5.07. The van der Waals surface area contributed by atoms with Crippen LogP contribution >= 0.6 is 34.8 Å². The Hall–Kier alpha value is -0.940. The van der Waals surface area contributed by atoms with Crippen molar-refractivity contribution in [2.24, 2.45) is 5.41 Å². The molecule has 0 fully saturated rings. The van der Waals surface area contributed by atoms with Gasteiger partial charge in [-0.15, -0.1) is 0 Å². The van der Waals surface area contributed by atoms with Gasteiger partial charge in [-0.1, -0.05) is 54.7 Å². The summed E-state index contributed by atoms with van der Waals surface area (Å²) in [5.41, 5.74) is 1.24. The SMILES string of the molecule is CC1(C)CC=CC2(C1)OCc1cc(C(=O)OCC(Cl)(Cl)Cl)ccc1O2. The van der Waals surface area contributed by atoms with Crippen molar-refractivity contribution in [1.29, 1.82) is 0 Å². The molecule has 136 valence electrons. The van der Waals surface area contributed by atoms with Crippen LogP contribution in [0.3, 0.4) is 0 Å². The second kappa shape index (κ2) is 6.66. The van der Waals surface area contributed by atoms with Crippen LogP contribution in [-0.4, -0.2) is 22.2 Å². The van der Waals surface area contributed by atoms with Crippen molar-refractivity contribution in [3.8, 4) is 5.75 Å². The van der Waals surface area contributed by atoms with Crippen molar-refractivity contribution in [2.45, 2.75) is 42.9 Å². The molecule has 1 aliphatic carbocycles. The van der Waals surface area contributed by atoms with Gasteiger partial charge in [0.1, 0.15) is 12.4 Å². The molecule has 0 amide bonds. The third-order valence-electron chi connectivity index (χ3n) is 4.19. The first kappa shape index (κ1) is 18.8. The van der Waals surface area contributed by atoms with E-state index in [4.69, 9.17) is 49.0 Å². The van der Waals surface area contributed by atoms with E-state index in [1.165, 1.54) is 0 Å². The van der Waals surface area contributed by atoms with E-state index in [1.54, 1.807) is 18.2 Å². The van der Waals surface area contributed by atoms with Crippen molar-refractivity contribution < 1.29 is 19.0 Å². The summed E-state index contributed by atoms with van der Waals surface area (Å²) in [5, 5.41) is 0. The number of halogens is 3. The van der Waals surface area contributed by atoms with Gasteiger partial charge in [0.15, 0.2) is 0 Å². The zero-order valence-electron chi connectivity index (χ0n) is 14.0. The zero-order valence-corrected chi connectivity index (χ0v) is 16.2. The molecule has 0 saturated carbocycles. The van der Waals surface area contributed by atoms with Gasteiger partial charge < -0.3 is 14.2 Å². The third-order valence-corrected chi connectivity index (χ3v) is 4.51. The maximum atomic E-state index is 12.1. The van der Waals surface area contributed by atoms with E-state index >= 15 is 0 Å². The first-order chi connectivity index (χ1) is 11.6. The number of benzene rings is 1. The average molecular weight is 406 g/mol. The minimum absolute atomic E-state index is 0.104. The lowest BCUT2D eigenvalue weighted by Crippen LogP contribution is -2.45. The highest BCUT2D eigenvalue weighted by atomic mass is 35.6. The summed E-state index contributed by atoms with van der Waals surface area (Å²) in [6.07, 6.45) is 5.83. The Balaban J connectivity index is 1.75. The Morgan fingerprint density at radius 3 is 2.76 bits per heavy atom. The molecular weight excluding hydrogens is 387 g/mol. The molecule has 7 heteroatoms. The molecule has 1 aromatic rings. The van der Waals surface area contributed by atoms with Gasteiger partial charge in [-0.05, 0) is 36.1 Å². The van der Waals surface area contributed by atoms with Gasteiger partial charge in [-0.25, -0.2) is 4.79 Å². The molecule has 1 atom stereocenters. The van der Waals surface area contributed by atoms with Crippen molar-refractivity contribution in [1.82, 2.24) is 0 Å². The first-order valence-electron chi connectivity index (χ1n) is 7.95. The Kier molecular flexibility index (Phi) is 5.02. The van der Waals surface area contributed by atoms with Crippen LogP contribution in [0.15, 0.2) is 30.4 Å². The predicted molar refractivity (Wildman–Crippen MR) is 97.3 cm³/mol. The number of esters is 1. The van der Waals surface area contributed by atoms with Gasteiger partial charge in [0, 0.05) is 12.0 Å². The van der Waals surface area contributed by atoms with E-state index in [-0.39, 0.29) is 12.0 Å². The van der Waals surface area contributed by atoms with Crippen LogP contribution in [0.2, 0.25) is 0 Å². The second-order valence-electron chi connectivity index (χ2n) is 7.16. The van der Waals surface area contributed by atoms with Crippen LogP contribution in [0.25, 0.3) is 0 Å². The smallest absolute Gasteiger partial charge is 0.338 e. The molecular formula is C18H19Cl3O4. The standard InChI is InChI=1S/C18H19Cl3O4/c1-16(2)6-3-7-17(10-16)24-9-13-8-12(4-5-14(13)25-17)15(22)23-11-18(19,20)21/h3-5,7-8H,6,9-11H2,1-2H3. The summed E-state index contributed by atoms with van der Waals surface area (Å²) < 4.78 is 15.5. The molecule has 0 bridgehead atoms. The summed E-state index contributed by atoms with van der Waals surface area (Å²) in [7, 11) is 0.